The zero-order chi connectivity index (χ0) is 12.2. The van der Waals surface area contributed by atoms with Crippen LogP contribution in [0.5, 0.6) is 0 Å². The Labute approximate surface area is 111 Å². The van der Waals surface area contributed by atoms with Crippen molar-refractivity contribution in [2.24, 2.45) is 5.92 Å². The molecule has 2 heterocycles. The normalized spacial score (nSPS) is 17.3. The number of hydrogen-bond acceptors (Lipinski definition) is 4. The van der Waals surface area contributed by atoms with Crippen molar-refractivity contribution >= 4 is 22.9 Å². The predicted molar refractivity (Wildman–Crippen MR) is 74.9 cm³/mol. The van der Waals surface area contributed by atoms with Gasteiger partial charge in [-0.1, -0.05) is 23.9 Å². The Balaban J connectivity index is 1.53. The van der Waals surface area contributed by atoms with Gasteiger partial charge in [0.15, 0.2) is 5.58 Å². The van der Waals surface area contributed by atoms with E-state index >= 15 is 0 Å². The molecule has 1 saturated heterocycles. The zero-order valence-electron chi connectivity index (χ0n) is 10.4. The molecule has 0 bridgehead atoms. The highest BCUT2D eigenvalue weighted by Crippen LogP contribution is 2.26. The summed E-state index contributed by atoms with van der Waals surface area (Å²) in [6.45, 7) is 2.36. The molecule has 0 aliphatic carbocycles. The molecule has 4 heteroatoms. The second-order valence-corrected chi connectivity index (χ2v) is 5.82. The molecule has 1 aliphatic rings. The van der Waals surface area contributed by atoms with E-state index in [4.69, 9.17) is 4.42 Å². The van der Waals surface area contributed by atoms with Crippen molar-refractivity contribution in [3.63, 3.8) is 0 Å². The summed E-state index contributed by atoms with van der Waals surface area (Å²) in [5, 5.41) is 4.21. The van der Waals surface area contributed by atoms with Crippen molar-refractivity contribution in [1.82, 2.24) is 10.3 Å². The van der Waals surface area contributed by atoms with E-state index in [0.717, 1.165) is 28.0 Å². The number of thioether (sulfide) groups is 1. The quantitative estimate of drug-likeness (QED) is 0.858. The summed E-state index contributed by atoms with van der Waals surface area (Å²) < 4.78 is 5.70. The highest BCUT2D eigenvalue weighted by molar-refractivity contribution is 7.99. The van der Waals surface area contributed by atoms with Crippen molar-refractivity contribution in [3.8, 4) is 0 Å². The van der Waals surface area contributed by atoms with Crippen LogP contribution in [-0.2, 0) is 0 Å². The van der Waals surface area contributed by atoms with Gasteiger partial charge in [0.1, 0.15) is 5.52 Å². The molecule has 96 valence electrons. The number of nitrogens with zero attached hydrogens (tertiary/aromatic N) is 1. The second-order valence-electron chi connectivity index (χ2n) is 4.78. The SMILES string of the molecule is c1ccc2oc(SCCC3CCNCC3)nc2c1. The van der Waals surface area contributed by atoms with Crippen LogP contribution in [0.25, 0.3) is 11.1 Å². The first kappa shape index (κ1) is 12.1. The standard InChI is InChI=1S/C14H18N2OS/c1-2-4-13-12(3-1)16-14(17-13)18-10-7-11-5-8-15-9-6-11/h1-4,11,15H,5-10H2. The molecule has 2 aromatic rings. The van der Waals surface area contributed by atoms with E-state index in [9.17, 15) is 0 Å². The van der Waals surface area contributed by atoms with Gasteiger partial charge in [-0.05, 0) is 50.4 Å². The van der Waals surface area contributed by atoms with Gasteiger partial charge in [-0.15, -0.1) is 0 Å². The van der Waals surface area contributed by atoms with E-state index in [1.807, 2.05) is 24.3 Å². The first-order chi connectivity index (χ1) is 8.92. The third kappa shape index (κ3) is 2.87. The Morgan fingerprint density at radius 3 is 2.94 bits per heavy atom. The van der Waals surface area contributed by atoms with Crippen LogP contribution in [0.3, 0.4) is 0 Å². The molecule has 0 saturated carbocycles. The molecular formula is C14H18N2OS. The van der Waals surface area contributed by atoms with Gasteiger partial charge in [0.05, 0.1) is 0 Å². The summed E-state index contributed by atoms with van der Waals surface area (Å²) in [5.74, 6) is 1.99. The van der Waals surface area contributed by atoms with Crippen LogP contribution < -0.4 is 5.32 Å². The minimum absolute atomic E-state index is 0.810. The molecular weight excluding hydrogens is 244 g/mol. The predicted octanol–water partition coefficient (Wildman–Crippen LogP) is 3.31. The van der Waals surface area contributed by atoms with Gasteiger partial charge in [-0.25, -0.2) is 4.98 Å². The van der Waals surface area contributed by atoms with Crippen molar-refractivity contribution in [3.05, 3.63) is 24.3 Å². The van der Waals surface area contributed by atoms with Gasteiger partial charge < -0.3 is 9.73 Å². The lowest BCUT2D eigenvalue weighted by atomic mass is 9.96. The van der Waals surface area contributed by atoms with Gasteiger partial charge in [0, 0.05) is 5.75 Å². The molecule has 18 heavy (non-hydrogen) atoms. The molecule has 1 N–H and O–H groups in total. The van der Waals surface area contributed by atoms with Crippen LogP contribution in [0.1, 0.15) is 19.3 Å². The molecule has 0 amide bonds. The summed E-state index contributed by atoms with van der Waals surface area (Å²) in [6.07, 6.45) is 3.90. The number of piperidine rings is 1. The summed E-state index contributed by atoms with van der Waals surface area (Å²) in [4.78, 5) is 4.48. The van der Waals surface area contributed by atoms with E-state index in [1.54, 1.807) is 11.8 Å². The highest BCUT2D eigenvalue weighted by Gasteiger charge is 2.13. The lowest BCUT2D eigenvalue weighted by Gasteiger charge is -2.21. The van der Waals surface area contributed by atoms with Crippen LogP contribution in [-0.4, -0.2) is 23.8 Å². The fourth-order valence-electron chi connectivity index (χ4n) is 2.40. The number of rotatable bonds is 4. The minimum atomic E-state index is 0.810. The lowest BCUT2D eigenvalue weighted by molar-refractivity contribution is 0.367. The highest BCUT2D eigenvalue weighted by atomic mass is 32.2. The fourth-order valence-corrected chi connectivity index (χ4v) is 3.33. The van der Waals surface area contributed by atoms with Gasteiger partial charge >= 0.3 is 0 Å². The van der Waals surface area contributed by atoms with Crippen molar-refractivity contribution < 1.29 is 4.42 Å². The lowest BCUT2D eigenvalue weighted by Crippen LogP contribution is -2.27. The van der Waals surface area contributed by atoms with E-state index in [2.05, 4.69) is 10.3 Å². The topological polar surface area (TPSA) is 38.1 Å². The number of aromatic nitrogens is 1. The molecule has 3 rings (SSSR count). The molecule has 1 aromatic heterocycles. The Morgan fingerprint density at radius 2 is 2.11 bits per heavy atom. The molecule has 0 atom stereocenters. The Bertz CT molecular complexity index is 472. The van der Waals surface area contributed by atoms with E-state index in [1.165, 1.54) is 32.4 Å². The molecule has 0 spiro atoms. The number of nitrogens with one attached hydrogen (secondary N) is 1. The first-order valence-electron chi connectivity index (χ1n) is 6.61. The van der Waals surface area contributed by atoms with Gasteiger partial charge in [0.25, 0.3) is 5.22 Å². The maximum absolute atomic E-state index is 5.70. The average Bonchev–Trinajstić information content (AvgIpc) is 2.82. The smallest absolute Gasteiger partial charge is 0.256 e. The van der Waals surface area contributed by atoms with Gasteiger partial charge in [0.2, 0.25) is 0 Å². The molecule has 0 radical (unpaired) electrons. The third-order valence-electron chi connectivity index (χ3n) is 3.48. The van der Waals surface area contributed by atoms with E-state index in [0.29, 0.717) is 0 Å². The molecule has 1 aliphatic heterocycles. The summed E-state index contributed by atoms with van der Waals surface area (Å²) >= 11 is 1.74. The Morgan fingerprint density at radius 1 is 1.28 bits per heavy atom. The second kappa shape index (κ2) is 5.76. The van der Waals surface area contributed by atoms with E-state index < -0.39 is 0 Å². The Kier molecular flexibility index (Phi) is 3.86. The van der Waals surface area contributed by atoms with Crippen LogP contribution in [0.15, 0.2) is 33.9 Å². The monoisotopic (exact) mass is 262 g/mol. The maximum atomic E-state index is 5.70. The number of fused-ring (bicyclic) bond motifs is 1. The third-order valence-corrected chi connectivity index (χ3v) is 4.35. The van der Waals surface area contributed by atoms with Crippen LogP contribution in [0, 0.1) is 5.92 Å². The largest absolute Gasteiger partial charge is 0.431 e. The number of benzene rings is 1. The van der Waals surface area contributed by atoms with Crippen LogP contribution >= 0.6 is 11.8 Å². The van der Waals surface area contributed by atoms with E-state index in [-0.39, 0.29) is 0 Å². The van der Waals surface area contributed by atoms with Crippen molar-refractivity contribution in [2.75, 3.05) is 18.8 Å². The summed E-state index contributed by atoms with van der Waals surface area (Å²) in [5.41, 5.74) is 1.85. The summed E-state index contributed by atoms with van der Waals surface area (Å²) in [6, 6.07) is 7.94. The van der Waals surface area contributed by atoms with Crippen molar-refractivity contribution in [1.29, 1.82) is 0 Å². The average molecular weight is 262 g/mol. The van der Waals surface area contributed by atoms with Gasteiger partial charge in [-0.3, -0.25) is 0 Å². The number of para-hydroxylation sites is 2. The molecule has 1 fully saturated rings. The summed E-state index contributed by atoms with van der Waals surface area (Å²) in [7, 11) is 0. The minimum Gasteiger partial charge on any atom is -0.431 e. The molecule has 0 unspecified atom stereocenters. The van der Waals surface area contributed by atoms with Crippen LogP contribution in [0.2, 0.25) is 0 Å². The fraction of sp³-hybridized carbons (Fsp3) is 0.500. The maximum Gasteiger partial charge on any atom is 0.256 e. The molecule has 1 aromatic carbocycles. The zero-order valence-corrected chi connectivity index (χ0v) is 11.2. The number of hydrogen-bond donors (Lipinski definition) is 1. The van der Waals surface area contributed by atoms with Crippen molar-refractivity contribution in [2.45, 2.75) is 24.5 Å². The number of oxazole rings is 1. The van der Waals surface area contributed by atoms with Gasteiger partial charge in [-0.2, -0.15) is 0 Å². The Hall–Kier alpha value is -1.00. The van der Waals surface area contributed by atoms with Crippen LogP contribution in [0.4, 0.5) is 0 Å². The molecule has 3 nitrogen and oxygen atoms in total. The first-order valence-corrected chi connectivity index (χ1v) is 7.59.